The molecule has 2 heterocycles. The molecule has 0 atom stereocenters. The van der Waals surface area contributed by atoms with Gasteiger partial charge in [0.25, 0.3) is 0 Å². The number of nitrogens with two attached hydrogens (primary N) is 1. The summed E-state index contributed by atoms with van der Waals surface area (Å²) >= 11 is 1.60. The molecule has 3 rings (SSSR count). The van der Waals surface area contributed by atoms with Crippen molar-refractivity contribution in [1.29, 1.82) is 0 Å². The van der Waals surface area contributed by atoms with Gasteiger partial charge >= 0.3 is 0 Å². The Morgan fingerprint density at radius 3 is 2.50 bits per heavy atom. The molecular formula is C18H23N7S. The van der Waals surface area contributed by atoms with Gasteiger partial charge in [-0.3, -0.25) is 0 Å². The average molecular weight is 369 g/mol. The second-order valence-electron chi connectivity index (χ2n) is 6.13. The third-order valence-corrected chi connectivity index (χ3v) is 4.89. The smallest absolute Gasteiger partial charge is 0.229 e. The van der Waals surface area contributed by atoms with E-state index in [0.717, 1.165) is 23.0 Å². The minimum Gasteiger partial charge on any atom is -0.368 e. The van der Waals surface area contributed by atoms with Crippen molar-refractivity contribution < 1.29 is 0 Å². The van der Waals surface area contributed by atoms with Crippen LogP contribution in [0.1, 0.15) is 18.3 Å². The maximum Gasteiger partial charge on any atom is 0.229 e. The number of aryl methyl sites for hydroxylation is 1. The fourth-order valence-electron chi connectivity index (χ4n) is 2.55. The molecule has 0 amide bonds. The molecule has 0 unspecified atom stereocenters. The zero-order valence-corrected chi connectivity index (χ0v) is 16.3. The van der Waals surface area contributed by atoms with E-state index in [0.29, 0.717) is 17.5 Å². The molecule has 0 aliphatic carbocycles. The normalized spacial score (nSPS) is 10.9. The molecule has 136 valence electrons. The monoisotopic (exact) mass is 369 g/mol. The minimum atomic E-state index is 0.235. The number of hydrogen-bond donors (Lipinski definition) is 1. The molecule has 0 saturated carbocycles. The highest BCUT2D eigenvalue weighted by molar-refractivity contribution is 7.98. The van der Waals surface area contributed by atoms with Crippen LogP contribution in [0.5, 0.6) is 0 Å². The molecule has 1 aromatic carbocycles. The third kappa shape index (κ3) is 3.96. The number of thioether (sulfide) groups is 1. The maximum atomic E-state index is 5.80. The van der Waals surface area contributed by atoms with Crippen LogP contribution in [-0.2, 0) is 12.3 Å². The van der Waals surface area contributed by atoms with Gasteiger partial charge in [-0.1, -0.05) is 41.6 Å². The zero-order chi connectivity index (χ0) is 18.7. The molecule has 2 aromatic heterocycles. The molecule has 0 fully saturated rings. The molecule has 2 N–H and O–H groups in total. The first-order chi connectivity index (χ1) is 12.5. The maximum absolute atomic E-state index is 5.80. The highest BCUT2D eigenvalue weighted by Crippen LogP contribution is 2.28. The molecule has 0 bridgehead atoms. The van der Waals surface area contributed by atoms with Crippen LogP contribution in [0.15, 0.2) is 35.6 Å². The van der Waals surface area contributed by atoms with E-state index in [1.807, 2.05) is 25.2 Å². The summed E-state index contributed by atoms with van der Waals surface area (Å²) in [7, 11) is 3.76. The number of benzene rings is 1. The largest absolute Gasteiger partial charge is 0.368 e. The van der Waals surface area contributed by atoms with Gasteiger partial charge in [0.15, 0.2) is 5.16 Å². The predicted octanol–water partition coefficient (Wildman–Crippen LogP) is 3.00. The van der Waals surface area contributed by atoms with Crippen LogP contribution in [0.25, 0.3) is 11.3 Å². The average Bonchev–Trinajstić information content (AvgIpc) is 3.03. The lowest BCUT2D eigenvalue weighted by Crippen LogP contribution is -2.16. The predicted molar refractivity (Wildman–Crippen MR) is 106 cm³/mol. The van der Waals surface area contributed by atoms with Gasteiger partial charge in [-0.15, -0.1) is 0 Å². The van der Waals surface area contributed by atoms with Gasteiger partial charge in [-0.2, -0.15) is 15.0 Å². The Balaban J connectivity index is 1.82. The first kappa shape index (κ1) is 18.2. The van der Waals surface area contributed by atoms with E-state index in [1.54, 1.807) is 11.8 Å². The molecule has 0 aliphatic heterocycles. The van der Waals surface area contributed by atoms with E-state index in [-0.39, 0.29) is 5.95 Å². The summed E-state index contributed by atoms with van der Waals surface area (Å²) in [4.78, 5) is 19.2. The van der Waals surface area contributed by atoms with E-state index in [9.17, 15) is 0 Å². The summed E-state index contributed by atoms with van der Waals surface area (Å²) in [6, 6.07) is 8.49. The molecule has 7 nitrogen and oxygen atoms in total. The number of anilines is 2. The van der Waals surface area contributed by atoms with Crippen LogP contribution in [-0.4, -0.2) is 38.6 Å². The highest BCUT2D eigenvalue weighted by Gasteiger charge is 2.13. The number of nitrogen functional groups attached to an aromatic ring is 1. The summed E-state index contributed by atoms with van der Waals surface area (Å²) in [6.07, 6.45) is 1.92. The number of nitrogens with zero attached hydrogens (tertiary/aromatic N) is 6. The van der Waals surface area contributed by atoms with Crippen LogP contribution in [0.3, 0.4) is 0 Å². The van der Waals surface area contributed by atoms with Crippen LogP contribution in [0, 0.1) is 6.92 Å². The van der Waals surface area contributed by atoms with Gasteiger partial charge in [-0.05, 0) is 19.4 Å². The van der Waals surface area contributed by atoms with Gasteiger partial charge in [0.2, 0.25) is 11.9 Å². The first-order valence-electron chi connectivity index (χ1n) is 8.41. The van der Waals surface area contributed by atoms with Crippen molar-refractivity contribution in [3.63, 3.8) is 0 Å². The van der Waals surface area contributed by atoms with Crippen molar-refractivity contribution in [1.82, 2.24) is 24.5 Å². The van der Waals surface area contributed by atoms with Gasteiger partial charge in [-0.25, -0.2) is 4.98 Å². The van der Waals surface area contributed by atoms with Crippen LogP contribution < -0.4 is 10.6 Å². The van der Waals surface area contributed by atoms with E-state index in [1.165, 1.54) is 5.56 Å². The summed E-state index contributed by atoms with van der Waals surface area (Å²) in [5, 5.41) is 0.938. The Kier molecular flexibility index (Phi) is 5.41. The highest BCUT2D eigenvalue weighted by atomic mass is 32.2. The molecule has 0 radical (unpaired) electrons. The van der Waals surface area contributed by atoms with Crippen LogP contribution in [0.4, 0.5) is 11.9 Å². The fraction of sp³-hybridized carbons (Fsp3) is 0.333. The Hall–Kier alpha value is -2.61. The lowest BCUT2D eigenvalue weighted by atomic mass is 10.1. The second kappa shape index (κ2) is 7.74. The van der Waals surface area contributed by atoms with Crippen molar-refractivity contribution in [3.05, 3.63) is 41.9 Å². The van der Waals surface area contributed by atoms with Crippen molar-refractivity contribution in [2.75, 3.05) is 24.7 Å². The molecule has 0 aliphatic rings. The van der Waals surface area contributed by atoms with E-state index in [4.69, 9.17) is 5.73 Å². The molecule has 0 saturated heterocycles. The van der Waals surface area contributed by atoms with Gasteiger partial charge < -0.3 is 15.2 Å². The summed E-state index contributed by atoms with van der Waals surface area (Å²) in [5.74, 6) is 2.03. The topological polar surface area (TPSA) is 85.8 Å². The first-order valence-corrected chi connectivity index (χ1v) is 9.39. The van der Waals surface area contributed by atoms with Crippen LogP contribution in [0.2, 0.25) is 0 Å². The lowest BCUT2D eigenvalue weighted by molar-refractivity contribution is 0.687. The Morgan fingerprint density at radius 1 is 1.12 bits per heavy atom. The van der Waals surface area contributed by atoms with E-state index >= 15 is 0 Å². The molecule has 8 heteroatoms. The standard InChI is InChI=1S/C18H23N7S/c1-5-25-14(13-8-6-12(2)7-9-13)10-20-18(25)26-11-15-21-16(19)23-17(22-15)24(3)4/h6-10H,5,11H2,1-4H3,(H2,19,21,22,23). The van der Waals surface area contributed by atoms with Gasteiger partial charge in [0, 0.05) is 20.6 Å². The number of imidazole rings is 1. The van der Waals surface area contributed by atoms with Crippen LogP contribution >= 0.6 is 11.8 Å². The summed E-state index contributed by atoms with van der Waals surface area (Å²) < 4.78 is 2.20. The Labute approximate surface area is 157 Å². The van der Waals surface area contributed by atoms with E-state index in [2.05, 4.69) is 62.6 Å². The zero-order valence-electron chi connectivity index (χ0n) is 15.5. The summed E-state index contributed by atoms with van der Waals surface area (Å²) in [6.45, 7) is 5.05. The lowest BCUT2D eigenvalue weighted by Gasteiger charge is -2.12. The van der Waals surface area contributed by atoms with Gasteiger partial charge in [0.1, 0.15) is 5.82 Å². The molecule has 26 heavy (non-hydrogen) atoms. The minimum absolute atomic E-state index is 0.235. The second-order valence-corrected chi connectivity index (χ2v) is 7.07. The molecule has 3 aromatic rings. The van der Waals surface area contributed by atoms with Crippen molar-refractivity contribution in [2.24, 2.45) is 0 Å². The third-order valence-electron chi connectivity index (χ3n) is 3.90. The molecule has 0 spiro atoms. The quantitative estimate of drug-likeness (QED) is 0.668. The van der Waals surface area contributed by atoms with Crippen molar-refractivity contribution >= 4 is 23.7 Å². The molecular weight excluding hydrogens is 346 g/mol. The summed E-state index contributed by atoms with van der Waals surface area (Å²) in [5.41, 5.74) is 9.31. The Morgan fingerprint density at radius 2 is 1.85 bits per heavy atom. The number of rotatable bonds is 6. The van der Waals surface area contributed by atoms with Crippen molar-refractivity contribution in [3.8, 4) is 11.3 Å². The number of aromatic nitrogens is 5. The van der Waals surface area contributed by atoms with Gasteiger partial charge in [0.05, 0.1) is 17.6 Å². The number of hydrogen-bond acceptors (Lipinski definition) is 7. The van der Waals surface area contributed by atoms with E-state index < -0.39 is 0 Å². The Bertz CT molecular complexity index is 887. The SMILES string of the molecule is CCn1c(-c2ccc(C)cc2)cnc1SCc1nc(N)nc(N(C)C)n1. The van der Waals surface area contributed by atoms with Crippen molar-refractivity contribution in [2.45, 2.75) is 31.3 Å². The fourth-order valence-corrected chi connectivity index (χ4v) is 3.45.